The maximum absolute atomic E-state index is 4.73. The zero-order valence-electron chi connectivity index (χ0n) is 14.9. The van der Waals surface area contributed by atoms with E-state index < -0.39 is 0 Å². The van der Waals surface area contributed by atoms with Gasteiger partial charge in [-0.2, -0.15) is 4.98 Å². The van der Waals surface area contributed by atoms with Crippen LogP contribution in [-0.2, 0) is 0 Å². The van der Waals surface area contributed by atoms with Gasteiger partial charge in [-0.05, 0) is 43.5 Å². The van der Waals surface area contributed by atoms with Crippen molar-refractivity contribution in [1.82, 2.24) is 15.0 Å². The van der Waals surface area contributed by atoms with Gasteiger partial charge >= 0.3 is 0 Å². The highest BCUT2D eigenvalue weighted by Crippen LogP contribution is 2.26. The SMILES string of the molecule is Cc1ccccc1Nc1cc(-c2cccnc2)nc(NC2CCCC2)n1. The number of hydrogen-bond donors (Lipinski definition) is 2. The van der Waals surface area contributed by atoms with Crippen LogP contribution in [0.3, 0.4) is 0 Å². The lowest BCUT2D eigenvalue weighted by atomic mass is 10.2. The maximum Gasteiger partial charge on any atom is 0.225 e. The van der Waals surface area contributed by atoms with Crippen molar-refractivity contribution in [3.05, 3.63) is 60.4 Å². The minimum Gasteiger partial charge on any atom is -0.351 e. The van der Waals surface area contributed by atoms with Crippen LogP contribution in [0.15, 0.2) is 54.9 Å². The zero-order chi connectivity index (χ0) is 17.8. The summed E-state index contributed by atoms with van der Waals surface area (Å²) < 4.78 is 0. The number of benzene rings is 1. The van der Waals surface area contributed by atoms with Crippen molar-refractivity contribution in [3.8, 4) is 11.3 Å². The third-order valence-corrected chi connectivity index (χ3v) is 4.78. The summed E-state index contributed by atoms with van der Waals surface area (Å²) in [5.74, 6) is 1.46. The molecule has 1 fully saturated rings. The van der Waals surface area contributed by atoms with Gasteiger partial charge in [-0.3, -0.25) is 4.98 Å². The van der Waals surface area contributed by atoms with E-state index in [1.54, 1.807) is 6.20 Å². The van der Waals surface area contributed by atoms with Crippen LogP contribution in [0.5, 0.6) is 0 Å². The number of rotatable bonds is 5. The monoisotopic (exact) mass is 345 g/mol. The molecule has 1 aromatic carbocycles. The predicted octanol–water partition coefficient (Wildman–Crippen LogP) is 4.95. The highest BCUT2D eigenvalue weighted by atomic mass is 15.2. The highest BCUT2D eigenvalue weighted by molar-refractivity contribution is 5.68. The molecule has 0 aliphatic heterocycles. The summed E-state index contributed by atoms with van der Waals surface area (Å²) in [7, 11) is 0. The summed E-state index contributed by atoms with van der Waals surface area (Å²) in [6, 6.07) is 14.6. The lowest BCUT2D eigenvalue weighted by Gasteiger charge is -2.15. The number of pyridine rings is 1. The third kappa shape index (κ3) is 3.82. The second-order valence-corrected chi connectivity index (χ2v) is 6.77. The molecule has 1 saturated carbocycles. The van der Waals surface area contributed by atoms with Crippen LogP contribution in [-0.4, -0.2) is 21.0 Å². The average Bonchev–Trinajstić information content (AvgIpc) is 3.17. The Morgan fingerprint density at radius 3 is 2.62 bits per heavy atom. The maximum atomic E-state index is 4.73. The van der Waals surface area contributed by atoms with Crippen molar-refractivity contribution < 1.29 is 0 Å². The normalized spacial score (nSPS) is 14.3. The molecule has 0 atom stereocenters. The lowest BCUT2D eigenvalue weighted by molar-refractivity contribution is 0.744. The average molecular weight is 345 g/mol. The van der Waals surface area contributed by atoms with Crippen LogP contribution in [0.4, 0.5) is 17.5 Å². The van der Waals surface area contributed by atoms with Gasteiger partial charge in [0.25, 0.3) is 0 Å². The van der Waals surface area contributed by atoms with Crippen LogP contribution in [0.25, 0.3) is 11.3 Å². The molecular formula is C21H23N5. The molecule has 4 rings (SSSR count). The Morgan fingerprint density at radius 1 is 1.00 bits per heavy atom. The molecule has 26 heavy (non-hydrogen) atoms. The van der Waals surface area contributed by atoms with Gasteiger partial charge in [-0.1, -0.05) is 31.0 Å². The second kappa shape index (κ2) is 7.52. The van der Waals surface area contributed by atoms with Gasteiger partial charge in [0.2, 0.25) is 5.95 Å². The first-order valence-corrected chi connectivity index (χ1v) is 9.16. The van der Waals surface area contributed by atoms with Gasteiger partial charge in [0.15, 0.2) is 0 Å². The highest BCUT2D eigenvalue weighted by Gasteiger charge is 2.17. The van der Waals surface area contributed by atoms with Crippen LogP contribution in [0, 0.1) is 6.92 Å². The first kappa shape index (κ1) is 16.5. The summed E-state index contributed by atoms with van der Waals surface area (Å²) in [5, 5.41) is 6.95. The quantitative estimate of drug-likeness (QED) is 0.685. The van der Waals surface area contributed by atoms with Crippen molar-refractivity contribution in [3.63, 3.8) is 0 Å². The van der Waals surface area contributed by atoms with Crippen molar-refractivity contribution in [2.24, 2.45) is 0 Å². The summed E-state index contributed by atoms with van der Waals surface area (Å²) in [6.45, 7) is 2.09. The van der Waals surface area contributed by atoms with Crippen LogP contribution in [0.2, 0.25) is 0 Å². The van der Waals surface area contributed by atoms with Crippen molar-refractivity contribution in [2.45, 2.75) is 38.6 Å². The largest absolute Gasteiger partial charge is 0.351 e. The van der Waals surface area contributed by atoms with Gasteiger partial charge in [0, 0.05) is 35.8 Å². The fourth-order valence-electron chi connectivity index (χ4n) is 3.34. The number of anilines is 3. The molecule has 0 radical (unpaired) electrons. The molecule has 2 aromatic heterocycles. The standard InChI is InChI=1S/C21H23N5/c1-15-7-2-5-11-18(15)24-20-13-19(16-8-6-12-22-14-16)25-21(26-20)23-17-9-3-4-10-17/h2,5-8,11-14,17H,3-4,9-10H2,1H3,(H2,23,24,25,26). The molecule has 0 bridgehead atoms. The van der Waals surface area contributed by atoms with E-state index in [9.17, 15) is 0 Å². The number of aromatic nitrogens is 3. The van der Waals surface area contributed by atoms with Gasteiger partial charge in [0.05, 0.1) is 5.69 Å². The zero-order valence-corrected chi connectivity index (χ0v) is 14.9. The van der Waals surface area contributed by atoms with E-state index in [-0.39, 0.29) is 0 Å². The minimum atomic E-state index is 0.463. The summed E-state index contributed by atoms with van der Waals surface area (Å²) >= 11 is 0. The third-order valence-electron chi connectivity index (χ3n) is 4.78. The molecular weight excluding hydrogens is 322 g/mol. The fraction of sp³-hybridized carbons (Fsp3) is 0.286. The topological polar surface area (TPSA) is 62.7 Å². The second-order valence-electron chi connectivity index (χ2n) is 6.77. The van der Waals surface area contributed by atoms with E-state index in [1.165, 1.54) is 31.2 Å². The Balaban J connectivity index is 1.68. The van der Waals surface area contributed by atoms with E-state index in [4.69, 9.17) is 9.97 Å². The van der Waals surface area contributed by atoms with Crippen molar-refractivity contribution in [1.29, 1.82) is 0 Å². The Morgan fingerprint density at radius 2 is 1.85 bits per heavy atom. The number of hydrogen-bond acceptors (Lipinski definition) is 5. The molecule has 132 valence electrons. The molecule has 1 aliphatic carbocycles. The molecule has 5 nitrogen and oxygen atoms in total. The van der Waals surface area contributed by atoms with E-state index in [1.807, 2.05) is 36.5 Å². The van der Waals surface area contributed by atoms with E-state index in [0.29, 0.717) is 12.0 Å². The summed E-state index contributed by atoms with van der Waals surface area (Å²) in [4.78, 5) is 13.7. The van der Waals surface area contributed by atoms with E-state index in [2.05, 4.69) is 34.7 Å². The number of aryl methyl sites for hydroxylation is 1. The molecule has 1 aliphatic rings. The molecule has 5 heteroatoms. The molecule has 3 aromatic rings. The molecule has 0 saturated heterocycles. The molecule has 0 spiro atoms. The number of para-hydroxylation sites is 1. The first-order valence-electron chi connectivity index (χ1n) is 9.16. The van der Waals surface area contributed by atoms with Gasteiger partial charge < -0.3 is 10.6 Å². The Kier molecular flexibility index (Phi) is 4.78. The predicted molar refractivity (Wildman–Crippen MR) is 106 cm³/mol. The smallest absolute Gasteiger partial charge is 0.225 e. The van der Waals surface area contributed by atoms with Crippen molar-refractivity contribution >= 4 is 17.5 Å². The molecule has 0 unspecified atom stereocenters. The molecule has 0 amide bonds. The van der Waals surface area contributed by atoms with Gasteiger partial charge in [-0.15, -0.1) is 0 Å². The number of nitrogens with zero attached hydrogens (tertiary/aromatic N) is 3. The molecule has 2 heterocycles. The van der Waals surface area contributed by atoms with Crippen molar-refractivity contribution in [2.75, 3.05) is 10.6 Å². The van der Waals surface area contributed by atoms with E-state index in [0.717, 1.165) is 22.8 Å². The minimum absolute atomic E-state index is 0.463. The summed E-state index contributed by atoms with van der Waals surface area (Å²) in [5.41, 5.74) is 4.08. The first-order chi connectivity index (χ1) is 12.8. The van der Waals surface area contributed by atoms with Gasteiger partial charge in [-0.25, -0.2) is 4.98 Å². The Bertz CT molecular complexity index is 873. The number of nitrogens with one attached hydrogen (secondary N) is 2. The van der Waals surface area contributed by atoms with Gasteiger partial charge in [0.1, 0.15) is 5.82 Å². The van der Waals surface area contributed by atoms with Crippen LogP contribution in [0.1, 0.15) is 31.2 Å². The van der Waals surface area contributed by atoms with E-state index >= 15 is 0 Å². The van der Waals surface area contributed by atoms with Crippen LogP contribution < -0.4 is 10.6 Å². The Labute approximate surface area is 153 Å². The van der Waals surface area contributed by atoms with Crippen LogP contribution >= 0.6 is 0 Å². The summed E-state index contributed by atoms with van der Waals surface area (Å²) in [6.07, 6.45) is 8.51. The lowest BCUT2D eigenvalue weighted by Crippen LogP contribution is -2.17. The fourth-order valence-corrected chi connectivity index (χ4v) is 3.34. The molecule has 2 N–H and O–H groups in total. The Hall–Kier alpha value is -2.95.